The normalized spacial score (nSPS) is 14.1. The molecule has 0 saturated carbocycles. The molecule has 0 aliphatic heterocycles. The zero-order valence-electron chi connectivity index (χ0n) is 10.4. The van der Waals surface area contributed by atoms with Crippen LogP contribution < -0.4 is 15.2 Å². The van der Waals surface area contributed by atoms with Crippen molar-refractivity contribution in [2.75, 3.05) is 14.2 Å². The van der Waals surface area contributed by atoms with Crippen molar-refractivity contribution in [1.29, 1.82) is 0 Å². The minimum Gasteiger partial charge on any atom is -0.493 e. The number of benzene rings is 1. The van der Waals surface area contributed by atoms with E-state index in [1.165, 1.54) is 20.3 Å². The van der Waals surface area contributed by atoms with Gasteiger partial charge in [-0.25, -0.2) is 0 Å². The van der Waals surface area contributed by atoms with Gasteiger partial charge in [0.1, 0.15) is 6.04 Å². The lowest BCUT2D eigenvalue weighted by Gasteiger charge is -2.27. The second-order valence-corrected chi connectivity index (χ2v) is 4.68. The summed E-state index contributed by atoms with van der Waals surface area (Å²) in [4.78, 5) is 0. The Kier molecular flexibility index (Phi) is 4.86. The molecule has 1 atom stereocenters. The van der Waals surface area contributed by atoms with E-state index in [0.717, 1.165) is 6.07 Å². The van der Waals surface area contributed by atoms with Crippen LogP contribution in [0.2, 0.25) is 0 Å². The molecule has 0 spiro atoms. The van der Waals surface area contributed by atoms with E-state index in [2.05, 4.69) is 15.9 Å². The third-order valence-electron chi connectivity index (χ3n) is 2.61. The minimum atomic E-state index is -5.75. The van der Waals surface area contributed by atoms with Gasteiger partial charge in [0, 0.05) is 4.47 Å². The van der Waals surface area contributed by atoms with Crippen molar-refractivity contribution >= 4 is 15.9 Å². The van der Waals surface area contributed by atoms with Crippen LogP contribution in [0.25, 0.3) is 0 Å². The standard InChI is InChI=1S/C11H11BrF5NO2/c1-19-7-3-5(6(12)4-8(7)20-2)9(18)10(13,14)11(15,16)17/h3-4,9H,18H2,1-2H3. The maximum atomic E-state index is 13.3. The Labute approximate surface area is 120 Å². The lowest BCUT2D eigenvalue weighted by atomic mass is 10.0. The molecule has 20 heavy (non-hydrogen) atoms. The molecule has 0 fully saturated rings. The van der Waals surface area contributed by atoms with Crippen LogP contribution in [0, 0.1) is 0 Å². The smallest absolute Gasteiger partial charge is 0.455 e. The number of alkyl halides is 5. The Morgan fingerprint density at radius 3 is 1.90 bits per heavy atom. The summed E-state index contributed by atoms with van der Waals surface area (Å²) in [6.07, 6.45) is -5.75. The van der Waals surface area contributed by atoms with E-state index in [0.29, 0.717) is 0 Å². The van der Waals surface area contributed by atoms with E-state index < -0.39 is 23.7 Å². The molecule has 0 radical (unpaired) electrons. The summed E-state index contributed by atoms with van der Waals surface area (Å²) in [5.74, 6) is -4.90. The summed E-state index contributed by atoms with van der Waals surface area (Å²) in [5.41, 5.74) is 4.64. The van der Waals surface area contributed by atoms with Crippen molar-refractivity contribution in [1.82, 2.24) is 0 Å². The van der Waals surface area contributed by atoms with Gasteiger partial charge in [0.2, 0.25) is 0 Å². The number of hydrogen-bond donors (Lipinski definition) is 1. The zero-order valence-corrected chi connectivity index (χ0v) is 12.0. The Morgan fingerprint density at radius 2 is 1.50 bits per heavy atom. The van der Waals surface area contributed by atoms with E-state index in [4.69, 9.17) is 15.2 Å². The maximum absolute atomic E-state index is 13.3. The predicted octanol–water partition coefficient (Wildman–Crippen LogP) is 3.66. The van der Waals surface area contributed by atoms with Crippen LogP contribution in [0.1, 0.15) is 11.6 Å². The van der Waals surface area contributed by atoms with Gasteiger partial charge in [0.25, 0.3) is 0 Å². The van der Waals surface area contributed by atoms with Crippen LogP contribution in [0.15, 0.2) is 16.6 Å². The van der Waals surface area contributed by atoms with Crippen molar-refractivity contribution in [2.24, 2.45) is 5.73 Å². The van der Waals surface area contributed by atoms with Gasteiger partial charge < -0.3 is 15.2 Å². The molecule has 0 amide bonds. The topological polar surface area (TPSA) is 44.5 Å². The van der Waals surface area contributed by atoms with E-state index in [9.17, 15) is 22.0 Å². The summed E-state index contributed by atoms with van der Waals surface area (Å²) in [7, 11) is 2.52. The highest BCUT2D eigenvalue weighted by Gasteiger charge is 2.62. The average Bonchev–Trinajstić information content (AvgIpc) is 2.36. The summed E-state index contributed by atoms with van der Waals surface area (Å²) in [6, 6.07) is -0.384. The number of methoxy groups -OCH3 is 2. The average molecular weight is 364 g/mol. The van der Waals surface area contributed by atoms with Crippen molar-refractivity contribution < 1.29 is 31.4 Å². The molecule has 0 bridgehead atoms. The Balaban J connectivity index is 3.33. The fraction of sp³-hybridized carbons (Fsp3) is 0.455. The first-order valence-electron chi connectivity index (χ1n) is 5.17. The van der Waals surface area contributed by atoms with Gasteiger partial charge in [-0.2, -0.15) is 22.0 Å². The molecular weight excluding hydrogens is 353 g/mol. The molecule has 1 rings (SSSR count). The third-order valence-corrected chi connectivity index (χ3v) is 3.29. The molecule has 9 heteroatoms. The predicted molar refractivity (Wildman–Crippen MR) is 65.2 cm³/mol. The van der Waals surface area contributed by atoms with Crippen molar-refractivity contribution in [3.63, 3.8) is 0 Å². The lowest BCUT2D eigenvalue weighted by molar-refractivity contribution is -0.291. The van der Waals surface area contributed by atoms with E-state index in [-0.39, 0.29) is 16.0 Å². The highest BCUT2D eigenvalue weighted by molar-refractivity contribution is 9.10. The summed E-state index contributed by atoms with van der Waals surface area (Å²) >= 11 is 2.89. The van der Waals surface area contributed by atoms with Gasteiger partial charge >= 0.3 is 12.1 Å². The number of ether oxygens (including phenoxy) is 2. The highest BCUT2D eigenvalue weighted by Crippen LogP contribution is 2.46. The Bertz CT molecular complexity index is 492. The zero-order chi connectivity index (χ0) is 15.7. The number of halogens is 6. The third kappa shape index (κ3) is 2.98. The van der Waals surface area contributed by atoms with Gasteiger partial charge in [0.15, 0.2) is 11.5 Å². The lowest BCUT2D eigenvalue weighted by Crippen LogP contribution is -2.46. The molecule has 2 N–H and O–H groups in total. The SMILES string of the molecule is COc1cc(Br)c(C(N)C(F)(F)C(F)(F)F)cc1OC. The molecule has 0 heterocycles. The molecule has 3 nitrogen and oxygen atoms in total. The van der Waals surface area contributed by atoms with E-state index in [1.54, 1.807) is 0 Å². The monoisotopic (exact) mass is 363 g/mol. The molecule has 114 valence electrons. The Hall–Kier alpha value is -1.09. The molecule has 0 aromatic heterocycles. The minimum absolute atomic E-state index is 0.000811. The summed E-state index contributed by atoms with van der Waals surface area (Å²) in [5, 5.41) is 0. The first-order chi connectivity index (χ1) is 9.06. The summed E-state index contributed by atoms with van der Waals surface area (Å²) in [6.45, 7) is 0. The van der Waals surface area contributed by atoms with Crippen LogP contribution in [-0.2, 0) is 0 Å². The van der Waals surface area contributed by atoms with Crippen molar-refractivity contribution in [3.05, 3.63) is 22.2 Å². The quantitative estimate of drug-likeness (QED) is 0.830. The largest absolute Gasteiger partial charge is 0.493 e. The van der Waals surface area contributed by atoms with Crippen molar-refractivity contribution in [3.8, 4) is 11.5 Å². The van der Waals surface area contributed by atoms with Gasteiger partial charge in [0.05, 0.1) is 14.2 Å². The molecular formula is C11H11BrF5NO2. The van der Waals surface area contributed by atoms with Crippen LogP contribution in [-0.4, -0.2) is 26.3 Å². The second-order valence-electron chi connectivity index (χ2n) is 3.83. The number of rotatable bonds is 4. The molecule has 1 aromatic rings. The molecule has 0 aliphatic carbocycles. The van der Waals surface area contributed by atoms with Crippen LogP contribution >= 0.6 is 15.9 Å². The molecule has 1 aromatic carbocycles. The first kappa shape index (κ1) is 17.0. The Morgan fingerprint density at radius 1 is 1.05 bits per heavy atom. The van der Waals surface area contributed by atoms with Crippen molar-refractivity contribution in [2.45, 2.75) is 18.1 Å². The maximum Gasteiger partial charge on any atom is 0.455 e. The molecule has 0 aliphatic rings. The van der Waals surface area contributed by atoms with Gasteiger partial charge in [-0.1, -0.05) is 15.9 Å². The fourth-order valence-electron chi connectivity index (χ4n) is 1.48. The molecule has 0 saturated heterocycles. The first-order valence-corrected chi connectivity index (χ1v) is 5.97. The highest BCUT2D eigenvalue weighted by atomic mass is 79.9. The van der Waals surface area contributed by atoms with Crippen LogP contribution in [0.5, 0.6) is 11.5 Å². The summed E-state index contributed by atoms with van der Waals surface area (Å²) < 4.78 is 73.2. The van der Waals surface area contributed by atoms with E-state index in [1.807, 2.05) is 0 Å². The number of nitrogens with two attached hydrogens (primary N) is 1. The van der Waals surface area contributed by atoms with Gasteiger partial charge in [-0.15, -0.1) is 0 Å². The number of hydrogen-bond acceptors (Lipinski definition) is 3. The van der Waals surface area contributed by atoms with Gasteiger partial charge in [-0.3, -0.25) is 0 Å². The molecule has 1 unspecified atom stereocenters. The fourth-order valence-corrected chi connectivity index (χ4v) is 2.05. The van der Waals surface area contributed by atoms with E-state index >= 15 is 0 Å². The second kappa shape index (κ2) is 5.72. The van der Waals surface area contributed by atoms with Crippen LogP contribution in [0.4, 0.5) is 22.0 Å². The van der Waals surface area contributed by atoms with Crippen LogP contribution in [0.3, 0.4) is 0 Å². The van der Waals surface area contributed by atoms with Gasteiger partial charge in [-0.05, 0) is 17.7 Å².